The lowest BCUT2D eigenvalue weighted by atomic mass is 10.2. The SMILES string of the molecule is CCC(Br)(CC)Oc1ccccc1. The zero-order chi connectivity index (χ0) is 9.73. The molecule has 1 rings (SSSR count). The van der Waals surface area contributed by atoms with Crippen LogP contribution in [0.2, 0.25) is 0 Å². The molecule has 0 unspecified atom stereocenters. The Morgan fingerprint density at radius 1 is 1.15 bits per heavy atom. The molecule has 0 amide bonds. The van der Waals surface area contributed by atoms with Gasteiger partial charge >= 0.3 is 0 Å². The van der Waals surface area contributed by atoms with Gasteiger partial charge in [0.25, 0.3) is 0 Å². The Morgan fingerprint density at radius 3 is 2.15 bits per heavy atom. The lowest BCUT2D eigenvalue weighted by Crippen LogP contribution is -2.26. The Bertz CT molecular complexity index is 242. The number of hydrogen-bond donors (Lipinski definition) is 0. The van der Waals surface area contributed by atoms with Gasteiger partial charge in [0.05, 0.1) is 0 Å². The summed E-state index contributed by atoms with van der Waals surface area (Å²) in [4.78, 5) is 0. The van der Waals surface area contributed by atoms with Crippen LogP contribution in [0.15, 0.2) is 30.3 Å². The highest BCUT2D eigenvalue weighted by Gasteiger charge is 2.23. The largest absolute Gasteiger partial charge is 0.476 e. The monoisotopic (exact) mass is 242 g/mol. The van der Waals surface area contributed by atoms with Gasteiger partial charge in [-0.2, -0.15) is 0 Å². The summed E-state index contributed by atoms with van der Waals surface area (Å²) in [5.41, 5.74) is 0. The first kappa shape index (κ1) is 10.6. The highest BCUT2D eigenvalue weighted by Crippen LogP contribution is 2.29. The Morgan fingerprint density at radius 2 is 1.69 bits per heavy atom. The first-order valence-corrected chi connectivity index (χ1v) is 5.42. The van der Waals surface area contributed by atoms with Gasteiger partial charge in [-0.25, -0.2) is 0 Å². The van der Waals surface area contributed by atoms with Crippen LogP contribution in [0.3, 0.4) is 0 Å². The number of alkyl halides is 1. The van der Waals surface area contributed by atoms with E-state index in [0.717, 1.165) is 18.6 Å². The van der Waals surface area contributed by atoms with Gasteiger partial charge in [-0.05, 0) is 40.9 Å². The molecule has 0 fully saturated rings. The molecule has 0 radical (unpaired) electrons. The van der Waals surface area contributed by atoms with Crippen molar-refractivity contribution in [1.29, 1.82) is 0 Å². The Kier molecular flexibility index (Phi) is 3.79. The summed E-state index contributed by atoms with van der Waals surface area (Å²) < 4.78 is 5.62. The van der Waals surface area contributed by atoms with Gasteiger partial charge in [-0.3, -0.25) is 0 Å². The van der Waals surface area contributed by atoms with Crippen molar-refractivity contribution in [3.8, 4) is 5.75 Å². The summed E-state index contributed by atoms with van der Waals surface area (Å²) in [7, 11) is 0. The van der Waals surface area contributed by atoms with Crippen LogP contribution >= 0.6 is 15.9 Å². The molecule has 0 heterocycles. The number of para-hydroxylation sites is 1. The van der Waals surface area contributed by atoms with Crippen LogP contribution in [0, 0.1) is 0 Å². The third kappa shape index (κ3) is 3.03. The van der Waals surface area contributed by atoms with Crippen LogP contribution in [-0.4, -0.2) is 4.51 Å². The zero-order valence-corrected chi connectivity index (χ0v) is 9.67. The number of ether oxygens (including phenoxy) is 1. The molecule has 0 aliphatic carbocycles. The molecule has 0 aromatic heterocycles. The molecule has 72 valence electrons. The molecule has 0 spiro atoms. The number of benzene rings is 1. The number of hydrogen-bond acceptors (Lipinski definition) is 1. The van der Waals surface area contributed by atoms with Crippen LogP contribution in [0.4, 0.5) is 0 Å². The molecule has 0 bridgehead atoms. The molecule has 2 heteroatoms. The van der Waals surface area contributed by atoms with Crippen molar-refractivity contribution in [2.75, 3.05) is 0 Å². The standard InChI is InChI=1S/C11H15BrO/c1-3-11(12,4-2)13-10-8-6-5-7-9-10/h5-9H,3-4H2,1-2H3. The minimum Gasteiger partial charge on any atom is -0.476 e. The second-order valence-electron chi connectivity index (χ2n) is 3.01. The van der Waals surface area contributed by atoms with Gasteiger partial charge in [-0.15, -0.1) is 0 Å². The van der Waals surface area contributed by atoms with E-state index in [1.165, 1.54) is 0 Å². The predicted molar refractivity (Wildman–Crippen MR) is 59.3 cm³/mol. The van der Waals surface area contributed by atoms with Gasteiger partial charge in [0.1, 0.15) is 5.75 Å². The highest BCUT2D eigenvalue weighted by molar-refractivity contribution is 9.10. The van der Waals surface area contributed by atoms with Crippen molar-refractivity contribution in [2.24, 2.45) is 0 Å². The normalized spacial score (nSPS) is 11.3. The first-order valence-electron chi connectivity index (χ1n) is 4.63. The third-order valence-electron chi connectivity index (χ3n) is 2.10. The molecule has 1 aromatic rings. The first-order chi connectivity index (χ1) is 6.20. The van der Waals surface area contributed by atoms with E-state index in [0.29, 0.717) is 0 Å². The van der Waals surface area contributed by atoms with Crippen molar-refractivity contribution in [1.82, 2.24) is 0 Å². The highest BCUT2D eigenvalue weighted by atomic mass is 79.9. The van der Waals surface area contributed by atoms with Crippen LogP contribution in [0.1, 0.15) is 26.7 Å². The molecule has 0 atom stereocenters. The summed E-state index contributed by atoms with van der Waals surface area (Å²) in [5.74, 6) is 0.920. The fourth-order valence-electron chi connectivity index (χ4n) is 1.09. The van der Waals surface area contributed by atoms with Gasteiger partial charge < -0.3 is 4.74 Å². The van der Waals surface area contributed by atoms with Gasteiger partial charge in [0, 0.05) is 0 Å². The van der Waals surface area contributed by atoms with Crippen molar-refractivity contribution in [3.63, 3.8) is 0 Å². The molecule has 1 nitrogen and oxygen atoms in total. The van der Waals surface area contributed by atoms with Crippen molar-refractivity contribution in [2.45, 2.75) is 31.2 Å². The molecular formula is C11H15BrO. The number of rotatable bonds is 4. The molecule has 0 N–H and O–H groups in total. The molecule has 0 aliphatic rings. The maximum atomic E-state index is 5.82. The maximum absolute atomic E-state index is 5.82. The molecule has 0 saturated heterocycles. The minimum absolute atomic E-state index is 0.200. The smallest absolute Gasteiger partial charge is 0.162 e. The summed E-state index contributed by atoms with van der Waals surface area (Å²) >= 11 is 3.60. The third-order valence-corrected chi connectivity index (χ3v) is 3.38. The Labute approximate surface area is 88.2 Å². The van der Waals surface area contributed by atoms with E-state index >= 15 is 0 Å². The Balaban J connectivity index is 2.68. The van der Waals surface area contributed by atoms with E-state index in [2.05, 4.69) is 29.8 Å². The average molecular weight is 243 g/mol. The molecule has 13 heavy (non-hydrogen) atoms. The second-order valence-corrected chi connectivity index (χ2v) is 4.45. The van der Waals surface area contributed by atoms with E-state index in [1.54, 1.807) is 0 Å². The average Bonchev–Trinajstić information content (AvgIpc) is 2.19. The van der Waals surface area contributed by atoms with E-state index < -0.39 is 0 Å². The lowest BCUT2D eigenvalue weighted by Gasteiger charge is -2.25. The van der Waals surface area contributed by atoms with E-state index in [1.807, 2.05) is 30.3 Å². The van der Waals surface area contributed by atoms with Crippen molar-refractivity contribution >= 4 is 15.9 Å². The van der Waals surface area contributed by atoms with Crippen molar-refractivity contribution in [3.05, 3.63) is 30.3 Å². The predicted octanol–water partition coefficient (Wildman–Crippen LogP) is 3.98. The van der Waals surface area contributed by atoms with Crippen molar-refractivity contribution < 1.29 is 4.74 Å². The van der Waals surface area contributed by atoms with E-state index in [9.17, 15) is 0 Å². The van der Waals surface area contributed by atoms with Gasteiger partial charge in [0.15, 0.2) is 4.51 Å². The van der Waals surface area contributed by atoms with E-state index in [-0.39, 0.29) is 4.51 Å². The summed E-state index contributed by atoms with van der Waals surface area (Å²) in [6.45, 7) is 4.22. The molecule has 1 aromatic carbocycles. The molecular weight excluding hydrogens is 228 g/mol. The summed E-state index contributed by atoms with van der Waals surface area (Å²) in [6.07, 6.45) is 1.91. The summed E-state index contributed by atoms with van der Waals surface area (Å²) in [5, 5.41) is 0. The van der Waals surface area contributed by atoms with Gasteiger partial charge in [-0.1, -0.05) is 32.0 Å². The molecule has 0 aliphatic heterocycles. The maximum Gasteiger partial charge on any atom is 0.162 e. The second kappa shape index (κ2) is 4.66. The topological polar surface area (TPSA) is 9.23 Å². The summed E-state index contributed by atoms with van der Waals surface area (Å²) in [6, 6.07) is 9.89. The van der Waals surface area contributed by atoms with Crippen LogP contribution in [0.25, 0.3) is 0 Å². The fraction of sp³-hybridized carbons (Fsp3) is 0.455. The molecule has 0 saturated carbocycles. The van der Waals surface area contributed by atoms with Crippen LogP contribution < -0.4 is 4.74 Å². The van der Waals surface area contributed by atoms with Gasteiger partial charge in [0.2, 0.25) is 0 Å². The quantitative estimate of drug-likeness (QED) is 0.727. The minimum atomic E-state index is -0.200. The van der Waals surface area contributed by atoms with Crippen LogP contribution in [-0.2, 0) is 0 Å². The fourth-order valence-corrected chi connectivity index (χ4v) is 1.28. The zero-order valence-electron chi connectivity index (χ0n) is 8.09. The number of halogens is 1. The van der Waals surface area contributed by atoms with Crippen LogP contribution in [0.5, 0.6) is 5.75 Å². The lowest BCUT2D eigenvalue weighted by molar-refractivity contribution is 0.164. The Hall–Kier alpha value is -0.500. The van der Waals surface area contributed by atoms with E-state index in [4.69, 9.17) is 4.74 Å².